The minimum Gasteiger partial charge on any atom is -0.392 e. The molecule has 0 aromatic heterocycles. The Labute approximate surface area is 153 Å². The van der Waals surface area contributed by atoms with Crippen LogP contribution < -0.4 is 5.32 Å². The number of nitrogens with one attached hydrogen (secondary N) is 1. The molecule has 2 heterocycles. The number of anilines is 1. The van der Waals surface area contributed by atoms with E-state index in [-0.39, 0.29) is 11.8 Å². The zero-order valence-corrected chi connectivity index (χ0v) is 15.6. The molecule has 2 amide bonds. The molecule has 1 aromatic rings. The molecule has 0 aliphatic carbocycles. The Morgan fingerprint density at radius 3 is 2.62 bits per heavy atom. The van der Waals surface area contributed by atoms with Crippen molar-refractivity contribution in [2.45, 2.75) is 31.9 Å². The number of hydrogen-bond acceptors (Lipinski definition) is 5. The van der Waals surface area contributed by atoms with Crippen molar-refractivity contribution in [1.82, 2.24) is 9.80 Å². The average molecular weight is 361 g/mol. The lowest BCUT2D eigenvalue weighted by Gasteiger charge is -2.30. The lowest BCUT2D eigenvalue weighted by molar-refractivity contribution is -0.125. The number of aliphatic hydroxyl groups is 1. The van der Waals surface area contributed by atoms with Gasteiger partial charge in [-0.3, -0.25) is 14.5 Å². The topological polar surface area (TPSA) is 82.1 Å². The van der Waals surface area contributed by atoms with E-state index in [2.05, 4.69) is 5.32 Å². The maximum absolute atomic E-state index is 12.8. The molecule has 0 spiro atoms. The summed E-state index contributed by atoms with van der Waals surface area (Å²) in [5, 5.41) is 12.8. The van der Waals surface area contributed by atoms with Crippen molar-refractivity contribution in [2.75, 3.05) is 45.2 Å². The Morgan fingerprint density at radius 1 is 1.31 bits per heavy atom. The summed E-state index contributed by atoms with van der Waals surface area (Å²) in [5.41, 5.74) is 1.29. The van der Waals surface area contributed by atoms with Crippen LogP contribution in [0, 0.1) is 6.92 Å². The van der Waals surface area contributed by atoms with Gasteiger partial charge in [-0.2, -0.15) is 0 Å². The quantitative estimate of drug-likeness (QED) is 0.835. The third-order valence-electron chi connectivity index (χ3n) is 5.47. The zero-order valence-electron chi connectivity index (χ0n) is 15.6. The fourth-order valence-corrected chi connectivity index (χ4v) is 3.60. The number of nitrogens with zero attached hydrogens (tertiary/aromatic N) is 2. The van der Waals surface area contributed by atoms with E-state index in [4.69, 9.17) is 4.74 Å². The number of ether oxygens (including phenoxy) is 1. The summed E-state index contributed by atoms with van der Waals surface area (Å²) in [6.07, 6.45) is -0.118. The van der Waals surface area contributed by atoms with E-state index in [1.807, 2.05) is 31.9 Å². The molecular weight excluding hydrogens is 334 g/mol. The number of aryl methyl sites for hydroxylation is 1. The summed E-state index contributed by atoms with van der Waals surface area (Å²) in [6, 6.07) is 5.39. The van der Waals surface area contributed by atoms with Crippen LogP contribution in [0.15, 0.2) is 18.2 Å². The van der Waals surface area contributed by atoms with Crippen molar-refractivity contribution in [2.24, 2.45) is 0 Å². The number of β-amino-alcohol motifs (C(OH)–C–C–N with tert-alkyl or cyclic N) is 1. The van der Waals surface area contributed by atoms with Crippen LogP contribution in [0.5, 0.6) is 0 Å². The molecule has 2 N–H and O–H groups in total. The molecule has 2 aliphatic heterocycles. The van der Waals surface area contributed by atoms with Crippen molar-refractivity contribution < 1.29 is 19.4 Å². The second-order valence-corrected chi connectivity index (χ2v) is 7.40. The molecule has 7 heteroatoms. The summed E-state index contributed by atoms with van der Waals surface area (Å²) in [7, 11) is 1.83. The average Bonchev–Trinajstić information content (AvgIpc) is 2.90. The molecule has 2 saturated heterocycles. The molecule has 2 fully saturated rings. The summed E-state index contributed by atoms with van der Waals surface area (Å²) in [6.45, 7) is 6.44. The second-order valence-electron chi connectivity index (χ2n) is 7.40. The molecule has 0 saturated carbocycles. The van der Waals surface area contributed by atoms with Gasteiger partial charge in [-0.05, 0) is 38.6 Å². The van der Waals surface area contributed by atoms with E-state index < -0.39 is 11.6 Å². The standard InChI is InChI=1S/C19H27N3O4/c1-13-4-5-14(10-16(13)17(24)22-6-8-26-9-7-22)20-18(25)19(2)11-15(23)12-21(19)3/h4-5,10,15,23H,6-9,11-12H2,1-3H3,(H,20,25). The maximum Gasteiger partial charge on any atom is 0.254 e. The lowest BCUT2D eigenvalue weighted by Crippen LogP contribution is -2.48. The minimum atomic E-state index is -0.765. The van der Waals surface area contributed by atoms with Gasteiger partial charge >= 0.3 is 0 Å². The highest BCUT2D eigenvalue weighted by Gasteiger charge is 2.45. The zero-order chi connectivity index (χ0) is 18.9. The van der Waals surface area contributed by atoms with Gasteiger partial charge in [-0.15, -0.1) is 0 Å². The molecule has 7 nitrogen and oxygen atoms in total. The first-order valence-corrected chi connectivity index (χ1v) is 8.99. The maximum atomic E-state index is 12.8. The highest BCUT2D eigenvalue weighted by molar-refractivity contribution is 6.01. The highest BCUT2D eigenvalue weighted by atomic mass is 16.5. The van der Waals surface area contributed by atoms with Crippen molar-refractivity contribution in [3.05, 3.63) is 29.3 Å². The molecule has 2 aliphatic rings. The lowest BCUT2D eigenvalue weighted by atomic mass is 9.96. The van der Waals surface area contributed by atoms with Gasteiger partial charge < -0.3 is 20.1 Å². The van der Waals surface area contributed by atoms with Crippen LogP contribution in [0.2, 0.25) is 0 Å². The van der Waals surface area contributed by atoms with E-state index in [1.54, 1.807) is 17.0 Å². The molecule has 0 radical (unpaired) electrons. The van der Waals surface area contributed by atoms with Gasteiger partial charge in [0.2, 0.25) is 5.91 Å². The number of aliphatic hydroxyl groups excluding tert-OH is 1. The molecule has 142 valence electrons. The van der Waals surface area contributed by atoms with Gasteiger partial charge in [-0.1, -0.05) is 6.07 Å². The molecule has 3 rings (SSSR count). The predicted molar refractivity (Wildman–Crippen MR) is 98.2 cm³/mol. The normalized spacial score (nSPS) is 26.8. The number of benzene rings is 1. The Bertz CT molecular complexity index is 702. The van der Waals surface area contributed by atoms with Gasteiger partial charge in [0, 0.05) is 37.3 Å². The molecule has 0 bridgehead atoms. The van der Waals surface area contributed by atoms with Crippen LogP contribution in [0.4, 0.5) is 5.69 Å². The van der Waals surface area contributed by atoms with E-state index in [1.165, 1.54) is 0 Å². The number of carbonyl (C=O) groups is 2. The summed E-state index contributed by atoms with van der Waals surface area (Å²) in [4.78, 5) is 29.2. The second kappa shape index (κ2) is 7.34. The first-order valence-electron chi connectivity index (χ1n) is 8.99. The first kappa shape index (κ1) is 18.8. The molecule has 26 heavy (non-hydrogen) atoms. The number of likely N-dealkylation sites (tertiary alicyclic amines) is 1. The van der Waals surface area contributed by atoms with Crippen LogP contribution in [0.3, 0.4) is 0 Å². The third kappa shape index (κ3) is 3.60. The number of rotatable bonds is 3. The fourth-order valence-electron chi connectivity index (χ4n) is 3.60. The number of likely N-dealkylation sites (N-methyl/N-ethyl adjacent to an activating group) is 1. The Hall–Kier alpha value is -1.96. The van der Waals surface area contributed by atoms with E-state index in [0.29, 0.717) is 50.5 Å². The van der Waals surface area contributed by atoms with Gasteiger partial charge in [0.25, 0.3) is 5.91 Å². The molecule has 1 aromatic carbocycles. The number of hydrogen-bond donors (Lipinski definition) is 2. The van der Waals surface area contributed by atoms with E-state index in [9.17, 15) is 14.7 Å². The first-order chi connectivity index (χ1) is 12.3. The van der Waals surface area contributed by atoms with Gasteiger partial charge in [0.1, 0.15) is 5.54 Å². The third-order valence-corrected chi connectivity index (χ3v) is 5.47. The molecule has 2 atom stereocenters. The van der Waals surface area contributed by atoms with Gasteiger partial charge in [0.05, 0.1) is 19.3 Å². The van der Waals surface area contributed by atoms with Crippen molar-refractivity contribution >= 4 is 17.5 Å². The van der Waals surface area contributed by atoms with E-state index in [0.717, 1.165) is 5.56 Å². The molecular formula is C19H27N3O4. The van der Waals surface area contributed by atoms with Crippen LogP contribution in [-0.4, -0.2) is 78.3 Å². The van der Waals surface area contributed by atoms with Gasteiger partial charge in [-0.25, -0.2) is 0 Å². The predicted octanol–water partition coefficient (Wildman–Crippen LogP) is 0.861. The minimum absolute atomic E-state index is 0.0403. The largest absolute Gasteiger partial charge is 0.392 e. The summed E-state index contributed by atoms with van der Waals surface area (Å²) in [5.74, 6) is -0.216. The number of carbonyl (C=O) groups excluding carboxylic acids is 2. The van der Waals surface area contributed by atoms with Gasteiger partial charge in [0.15, 0.2) is 0 Å². The fraction of sp³-hybridized carbons (Fsp3) is 0.579. The van der Waals surface area contributed by atoms with Crippen LogP contribution in [-0.2, 0) is 9.53 Å². The van der Waals surface area contributed by atoms with Crippen molar-refractivity contribution in [3.8, 4) is 0 Å². The smallest absolute Gasteiger partial charge is 0.254 e. The Balaban J connectivity index is 1.77. The molecule has 2 unspecified atom stereocenters. The van der Waals surface area contributed by atoms with Crippen LogP contribution in [0.1, 0.15) is 29.3 Å². The Kier molecular flexibility index (Phi) is 5.32. The summed E-state index contributed by atoms with van der Waals surface area (Å²) >= 11 is 0. The highest BCUT2D eigenvalue weighted by Crippen LogP contribution is 2.29. The number of morpholine rings is 1. The van der Waals surface area contributed by atoms with Crippen LogP contribution in [0.25, 0.3) is 0 Å². The number of amides is 2. The van der Waals surface area contributed by atoms with Crippen LogP contribution >= 0.6 is 0 Å². The monoisotopic (exact) mass is 361 g/mol. The summed E-state index contributed by atoms with van der Waals surface area (Å²) < 4.78 is 5.30. The van der Waals surface area contributed by atoms with Crippen molar-refractivity contribution in [1.29, 1.82) is 0 Å². The van der Waals surface area contributed by atoms with Crippen molar-refractivity contribution in [3.63, 3.8) is 0 Å². The Morgan fingerprint density at radius 2 is 2.00 bits per heavy atom. The van der Waals surface area contributed by atoms with E-state index >= 15 is 0 Å². The SMILES string of the molecule is Cc1ccc(NC(=O)C2(C)CC(O)CN2C)cc1C(=O)N1CCOCC1.